The van der Waals surface area contributed by atoms with E-state index in [1.54, 1.807) is 19.2 Å². The molecule has 0 saturated carbocycles. The number of hydrogen-bond donors (Lipinski definition) is 3. The SMILES string of the molecule is CCN1CCCC1CNC(=NC)NCc1ccc(C(N)=O)cc1.I. The summed E-state index contributed by atoms with van der Waals surface area (Å²) in [6.07, 6.45) is 2.52. The van der Waals surface area contributed by atoms with E-state index in [-0.39, 0.29) is 24.0 Å². The Morgan fingerprint density at radius 2 is 2.04 bits per heavy atom. The van der Waals surface area contributed by atoms with Gasteiger partial charge in [-0.15, -0.1) is 24.0 Å². The molecule has 1 saturated heterocycles. The molecule has 1 aliphatic heterocycles. The van der Waals surface area contributed by atoms with Crippen molar-refractivity contribution in [3.05, 3.63) is 35.4 Å². The first kappa shape index (κ1) is 20.7. The van der Waals surface area contributed by atoms with Gasteiger partial charge in [-0.2, -0.15) is 0 Å². The van der Waals surface area contributed by atoms with Crippen molar-refractivity contribution in [1.29, 1.82) is 0 Å². The zero-order valence-electron chi connectivity index (χ0n) is 14.4. The van der Waals surface area contributed by atoms with Gasteiger partial charge in [0.25, 0.3) is 0 Å². The lowest BCUT2D eigenvalue weighted by atomic mass is 10.1. The number of benzene rings is 1. The number of rotatable bonds is 6. The number of guanidine groups is 1. The summed E-state index contributed by atoms with van der Waals surface area (Å²) in [5, 5.41) is 6.69. The number of hydrogen-bond acceptors (Lipinski definition) is 3. The minimum Gasteiger partial charge on any atom is -0.366 e. The lowest BCUT2D eigenvalue weighted by Crippen LogP contribution is -2.44. The fourth-order valence-electron chi connectivity index (χ4n) is 2.95. The van der Waals surface area contributed by atoms with Gasteiger partial charge in [0.15, 0.2) is 5.96 Å². The molecule has 1 heterocycles. The number of nitrogens with one attached hydrogen (secondary N) is 2. The first-order chi connectivity index (χ1) is 11.1. The van der Waals surface area contributed by atoms with Crippen molar-refractivity contribution in [2.75, 3.05) is 26.7 Å². The first-order valence-corrected chi connectivity index (χ1v) is 8.21. The van der Waals surface area contributed by atoms with E-state index in [2.05, 4.69) is 27.4 Å². The molecule has 1 aromatic carbocycles. The third-order valence-corrected chi connectivity index (χ3v) is 4.33. The van der Waals surface area contributed by atoms with E-state index in [1.165, 1.54) is 19.4 Å². The summed E-state index contributed by atoms with van der Waals surface area (Å²) >= 11 is 0. The molecule has 6 nitrogen and oxygen atoms in total. The van der Waals surface area contributed by atoms with Crippen LogP contribution >= 0.6 is 24.0 Å². The standard InChI is InChI=1S/C17H27N5O.HI/c1-3-22-10-4-5-15(22)12-21-17(19-2)20-11-13-6-8-14(9-7-13)16(18)23;/h6-9,15H,3-5,10-12H2,1-2H3,(H2,18,23)(H2,19,20,21);1H. The van der Waals surface area contributed by atoms with Crippen LogP contribution in [0.15, 0.2) is 29.3 Å². The molecule has 1 amide bonds. The summed E-state index contributed by atoms with van der Waals surface area (Å²) in [5.74, 6) is 0.394. The Labute approximate surface area is 161 Å². The Bertz CT molecular complexity index is 546. The number of carbonyl (C=O) groups is 1. The van der Waals surface area contributed by atoms with Gasteiger partial charge in [0, 0.05) is 31.7 Å². The van der Waals surface area contributed by atoms with E-state index in [0.29, 0.717) is 18.2 Å². The molecule has 1 aliphatic rings. The number of nitrogens with two attached hydrogens (primary N) is 1. The lowest BCUT2D eigenvalue weighted by molar-refractivity contribution is 0.100. The number of likely N-dealkylation sites (N-methyl/N-ethyl adjacent to an activating group) is 1. The van der Waals surface area contributed by atoms with E-state index in [9.17, 15) is 4.79 Å². The highest BCUT2D eigenvalue weighted by molar-refractivity contribution is 14.0. The summed E-state index contributed by atoms with van der Waals surface area (Å²) < 4.78 is 0. The highest BCUT2D eigenvalue weighted by Gasteiger charge is 2.22. The number of aliphatic imine (C=N–C) groups is 1. The number of carbonyl (C=O) groups excluding carboxylic acids is 1. The fraction of sp³-hybridized carbons (Fsp3) is 0.529. The summed E-state index contributed by atoms with van der Waals surface area (Å²) in [5.41, 5.74) is 6.84. The Morgan fingerprint density at radius 1 is 1.33 bits per heavy atom. The van der Waals surface area contributed by atoms with Crippen LogP contribution in [0.3, 0.4) is 0 Å². The molecule has 1 atom stereocenters. The molecule has 2 rings (SSSR count). The molecule has 7 heteroatoms. The quantitative estimate of drug-likeness (QED) is 0.353. The predicted octanol–water partition coefficient (Wildman–Crippen LogP) is 1.55. The average Bonchev–Trinajstić information content (AvgIpc) is 3.03. The van der Waals surface area contributed by atoms with Crippen molar-refractivity contribution in [2.45, 2.75) is 32.4 Å². The Hall–Kier alpha value is -1.35. The Balaban J connectivity index is 0.00000288. The number of amides is 1. The zero-order valence-corrected chi connectivity index (χ0v) is 16.7. The van der Waals surface area contributed by atoms with Gasteiger partial charge >= 0.3 is 0 Å². The van der Waals surface area contributed by atoms with Crippen molar-refractivity contribution in [3.63, 3.8) is 0 Å². The molecule has 0 spiro atoms. The van der Waals surface area contributed by atoms with Crippen molar-refractivity contribution < 1.29 is 4.79 Å². The molecular formula is C17H28IN5O. The van der Waals surface area contributed by atoms with Crippen LogP contribution in [0.4, 0.5) is 0 Å². The molecular weight excluding hydrogens is 417 g/mol. The number of likely N-dealkylation sites (tertiary alicyclic amines) is 1. The molecule has 0 aliphatic carbocycles. The summed E-state index contributed by atoms with van der Waals surface area (Å²) in [7, 11) is 1.78. The van der Waals surface area contributed by atoms with Gasteiger partial charge in [-0.25, -0.2) is 0 Å². The molecule has 0 bridgehead atoms. The predicted molar refractivity (Wildman–Crippen MR) is 109 cm³/mol. The minimum atomic E-state index is -0.404. The lowest BCUT2D eigenvalue weighted by Gasteiger charge is -2.24. The highest BCUT2D eigenvalue weighted by Crippen LogP contribution is 2.15. The second-order valence-corrected chi connectivity index (χ2v) is 5.79. The van der Waals surface area contributed by atoms with Crippen molar-refractivity contribution in [1.82, 2.24) is 15.5 Å². The fourth-order valence-corrected chi connectivity index (χ4v) is 2.95. The maximum atomic E-state index is 11.1. The molecule has 0 radical (unpaired) electrons. The molecule has 4 N–H and O–H groups in total. The maximum Gasteiger partial charge on any atom is 0.248 e. The summed E-state index contributed by atoms with van der Waals surface area (Å²) in [6, 6.07) is 7.88. The molecule has 0 aromatic heterocycles. The van der Waals surface area contributed by atoms with Crippen LogP contribution in [0, 0.1) is 0 Å². The van der Waals surface area contributed by atoms with E-state index in [0.717, 1.165) is 24.6 Å². The van der Waals surface area contributed by atoms with Gasteiger partial charge < -0.3 is 16.4 Å². The van der Waals surface area contributed by atoms with Crippen LogP contribution in [0.1, 0.15) is 35.7 Å². The summed E-state index contributed by atoms with van der Waals surface area (Å²) in [6.45, 7) is 6.07. The van der Waals surface area contributed by atoms with Gasteiger partial charge in [0.1, 0.15) is 0 Å². The number of halogens is 1. The van der Waals surface area contributed by atoms with Crippen LogP contribution in [-0.4, -0.2) is 49.5 Å². The van der Waals surface area contributed by atoms with Gasteiger partial charge in [0.05, 0.1) is 0 Å². The maximum absolute atomic E-state index is 11.1. The second-order valence-electron chi connectivity index (χ2n) is 5.79. The molecule has 1 aromatic rings. The van der Waals surface area contributed by atoms with Crippen molar-refractivity contribution in [2.24, 2.45) is 10.7 Å². The average molecular weight is 445 g/mol. The minimum absolute atomic E-state index is 0. The van der Waals surface area contributed by atoms with Crippen LogP contribution in [-0.2, 0) is 6.54 Å². The highest BCUT2D eigenvalue weighted by atomic mass is 127. The molecule has 134 valence electrons. The Morgan fingerprint density at radius 3 is 2.62 bits per heavy atom. The van der Waals surface area contributed by atoms with Crippen LogP contribution in [0.5, 0.6) is 0 Å². The smallest absolute Gasteiger partial charge is 0.248 e. The monoisotopic (exact) mass is 445 g/mol. The summed E-state index contributed by atoms with van der Waals surface area (Å²) in [4.78, 5) is 17.8. The largest absolute Gasteiger partial charge is 0.366 e. The van der Waals surface area contributed by atoms with Crippen LogP contribution in [0.2, 0.25) is 0 Å². The number of nitrogens with zero attached hydrogens (tertiary/aromatic N) is 2. The van der Waals surface area contributed by atoms with Gasteiger partial charge in [-0.1, -0.05) is 19.1 Å². The molecule has 1 unspecified atom stereocenters. The van der Waals surface area contributed by atoms with Gasteiger partial charge in [-0.3, -0.25) is 14.7 Å². The first-order valence-electron chi connectivity index (χ1n) is 8.21. The van der Waals surface area contributed by atoms with Crippen molar-refractivity contribution in [3.8, 4) is 0 Å². The molecule has 24 heavy (non-hydrogen) atoms. The number of primary amides is 1. The second kappa shape index (κ2) is 10.5. The topological polar surface area (TPSA) is 82.8 Å². The van der Waals surface area contributed by atoms with Crippen molar-refractivity contribution >= 4 is 35.8 Å². The van der Waals surface area contributed by atoms with Gasteiger partial charge in [-0.05, 0) is 43.6 Å². The normalized spacial score (nSPS) is 18.1. The van der Waals surface area contributed by atoms with E-state index < -0.39 is 5.91 Å². The van der Waals surface area contributed by atoms with Crippen LogP contribution < -0.4 is 16.4 Å². The Kier molecular flexibility index (Phi) is 9.05. The van der Waals surface area contributed by atoms with E-state index >= 15 is 0 Å². The van der Waals surface area contributed by atoms with E-state index in [4.69, 9.17) is 5.73 Å². The van der Waals surface area contributed by atoms with Gasteiger partial charge in [0.2, 0.25) is 5.91 Å². The van der Waals surface area contributed by atoms with E-state index in [1.807, 2.05) is 12.1 Å². The zero-order chi connectivity index (χ0) is 16.7. The third-order valence-electron chi connectivity index (χ3n) is 4.33. The third kappa shape index (κ3) is 5.94. The molecule has 1 fully saturated rings. The van der Waals surface area contributed by atoms with Crippen LogP contribution in [0.25, 0.3) is 0 Å².